The normalized spacial score (nSPS) is 10.8. The number of oxazole rings is 1. The van der Waals surface area contributed by atoms with Crippen LogP contribution in [0.5, 0.6) is 0 Å². The van der Waals surface area contributed by atoms with Gasteiger partial charge in [-0.25, -0.2) is 15.0 Å². The van der Waals surface area contributed by atoms with Crippen LogP contribution in [0.15, 0.2) is 51.2 Å². The largest absolute Gasteiger partial charge is 0.444 e. The van der Waals surface area contributed by atoms with E-state index in [0.717, 1.165) is 4.90 Å². The molecular formula is C13H8Cl2N4OS. The molecule has 2 N–H and O–H groups in total. The summed E-state index contributed by atoms with van der Waals surface area (Å²) in [6.45, 7) is 0. The summed E-state index contributed by atoms with van der Waals surface area (Å²) in [5.41, 5.74) is 6.50. The molecule has 0 aliphatic heterocycles. The molecule has 0 spiro atoms. The molecule has 2 aromatic heterocycles. The number of benzene rings is 1. The molecule has 5 nitrogen and oxygen atoms in total. The van der Waals surface area contributed by atoms with Gasteiger partial charge in [0.15, 0.2) is 5.82 Å². The number of hydrogen-bond acceptors (Lipinski definition) is 6. The second kappa shape index (κ2) is 5.93. The summed E-state index contributed by atoms with van der Waals surface area (Å²) >= 11 is 13.4. The Morgan fingerprint density at radius 2 is 2.05 bits per heavy atom. The third-order valence-corrected chi connectivity index (χ3v) is 4.34. The van der Waals surface area contributed by atoms with Gasteiger partial charge in [0.25, 0.3) is 0 Å². The van der Waals surface area contributed by atoms with Crippen molar-refractivity contribution in [2.75, 3.05) is 5.73 Å². The van der Waals surface area contributed by atoms with E-state index in [1.54, 1.807) is 6.20 Å². The van der Waals surface area contributed by atoms with Crippen LogP contribution >= 0.6 is 35.0 Å². The lowest BCUT2D eigenvalue weighted by Crippen LogP contribution is -1.96. The lowest BCUT2D eigenvalue weighted by Gasteiger charge is -2.08. The van der Waals surface area contributed by atoms with Crippen LogP contribution in [-0.2, 0) is 0 Å². The van der Waals surface area contributed by atoms with E-state index in [1.165, 1.54) is 24.2 Å². The molecule has 106 valence electrons. The Morgan fingerprint density at radius 3 is 2.76 bits per heavy atom. The van der Waals surface area contributed by atoms with Gasteiger partial charge >= 0.3 is 0 Å². The first-order chi connectivity index (χ1) is 10.1. The van der Waals surface area contributed by atoms with Gasteiger partial charge in [-0.1, -0.05) is 41.0 Å². The van der Waals surface area contributed by atoms with Crippen LogP contribution in [-0.4, -0.2) is 15.0 Å². The van der Waals surface area contributed by atoms with Crippen molar-refractivity contribution in [2.45, 2.75) is 9.92 Å². The Hall–Kier alpha value is -1.76. The molecule has 0 radical (unpaired) electrons. The maximum absolute atomic E-state index is 6.40. The van der Waals surface area contributed by atoms with Crippen molar-refractivity contribution in [3.05, 3.63) is 47.0 Å². The maximum atomic E-state index is 6.40. The molecule has 0 aliphatic carbocycles. The van der Waals surface area contributed by atoms with Crippen molar-refractivity contribution >= 4 is 40.8 Å². The molecule has 0 saturated heterocycles. The molecule has 0 bridgehead atoms. The van der Waals surface area contributed by atoms with E-state index in [4.69, 9.17) is 33.4 Å². The van der Waals surface area contributed by atoms with Crippen LogP contribution in [0.25, 0.3) is 11.5 Å². The van der Waals surface area contributed by atoms with Gasteiger partial charge in [0.05, 0.1) is 23.0 Å². The van der Waals surface area contributed by atoms with Crippen molar-refractivity contribution in [2.24, 2.45) is 0 Å². The molecule has 3 aromatic rings. The monoisotopic (exact) mass is 338 g/mol. The molecular weight excluding hydrogens is 331 g/mol. The number of nitrogens with zero attached hydrogens (tertiary/aromatic N) is 3. The molecule has 21 heavy (non-hydrogen) atoms. The number of nitrogens with two attached hydrogens (primary N) is 1. The van der Waals surface area contributed by atoms with Gasteiger partial charge in [0, 0.05) is 4.90 Å². The lowest BCUT2D eigenvalue weighted by atomic mass is 10.2. The molecule has 0 unspecified atom stereocenters. The molecule has 3 rings (SSSR count). The molecule has 0 saturated carbocycles. The van der Waals surface area contributed by atoms with E-state index in [2.05, 4.69) is 15.0 Å². The number of aromatic nitrogens is 3. The minimum atomic E-state index is 0.247. The molecule has 0 aliphatic rings. The first-order valence-corrected chi connectivity index (χ1v) is 7.36. The molecule has 0 amide bonds. The molecule has 0 atom stereocenters. The quantitative estimate of drug-likeness (QED) is 0.772. The molecule has 0 fully saturated rings. The summed E-state index contributed by atoms with van der Waals surface area (Å²) in [6.07, 6.45) is 4.49. The van der Waals surface area contributed by atoms with Crippen LogP contribution in [0.2, 0.25) is 10.2 Å². The van der Waals surface area contributed by atoms with Crippen molar-refractivity contribution < 1.29 is 4.42 Å². The number of hydrogen-bond donors (Lipinski definition) is 1. The van der Waals surface area contributed by atoms with Crippen molar-refractivity contribution in [3.63, 3.8) is 0 Å². The molecule has 1 aromatic carbocycles. The summed E-state index contributed by atoms with van der Waals surface area (Å²) in [4.78, 5) is 13.0. The fourth-order valence-electron chi connectivity index (χ4n) is 1.66. The number of rotatable bonds is 3. The van der Waals surface area contributed by atoms with Gasteiger partial charge in [-0.3, -0.25) is 0 Å². The van der Waals surface area contributed by atoms with E-state index in [9.17, 15) is 0 Å². The van der Waals surface area contributed by atoms with Gasteiger partial charge in [-0.15, -0.1) is 0 Å². The predicted octanol–water partition coefficient (Wildman–Crippen LogP) is 4.17. The van der Waals surface area contributed by atoms with Gasteiger partial charge in [-0.2, -0.15) is 0 Å². The van der Waals surface area contributed by atoms with E-state index >= 15 is 0 Å². The SMILES string of the molecule is Nc1nc(Cl)cnc1Sc1cccc(-c2ncco2)c1Cl. The summed E-state index contributed by atoms with van der Waals surface area (Å²) in [5.74, 6) is 0.711. The highest BCUT2D eigenvalue weighted by atomic mass is 35.5. The first-order valence-electron chi connectivity index (χ1n) is 5.79. The highest BCUT2D eigenvalue weighted by Gasteiger charge is 2.14. The topological polar surface area (TPSA) is 77.8 Å². The Kier molecular flexibility index (Phi) is 4.01. The van der Waals surface area contributed by atoms with E-state index < -0.39 is 0 Å². The van der Waals surface area contributed by atoms with E-state index in [0.29, 0.717) is 21.5 Å². The first kappa shape index (κ1) is 14.2. The zero-order chi connectivity index (χ0) is 14.8. The average Bonchev–Trinajstić information content (AvgIpc) is 2.98. The van der Waals surface area contributed by atoms with Gasteiger partial charge in [0.1, 0.15) is 16.4 Å². The Balaban J connectivity index is 1.98. The van der Waals surface area contributed by atoms with E-state index in [-0.39, 0.29) is 11.0 Å². The summed E-state index contributed by atoms with van der Waals surface area (Å²) in [5, 5.41) is 1.29. The zero-order valence-corrected chi connectivity index (χ0v) is 12.8. The van der Waals surface area contributed by atoms with E-state index in [1.807, 2.05) is 18.2 Å². The number of halogens is 2. The predicted molar refractivity (Wildman–Crippen MR) is 82.5 cm³/mol. The van der Waals surface area contributed by atoms with Gasteiger partial charge < -0.3 is 10.2 Å². The lowest BCUT2D eigenvalue weighted by molar-refractivity contribution is 0.574. The van der Waals surface area contributed by atoms with Crippen LogP contribution in [0.4, 0.5) is 5.82 Å². The van der Waals surface area contributed by atoms with Gasteiger partial charge in [-0.05, 0) is 12.1 Å². The fraction of sp³-hybridized carbons (Fsp3) is 0. The maximum Gasteiger partial charge on any atom is 0.227 e. The third kappa shape index (κ3) is 2.97. The zero-order valence-electron chi connectivity index (χ0n) is 10.5. The van der Waals surface area contributed by atoms with Crippen LogP contribution < -0.4 is 5.73 Å². The smallest absolute Gasteiger partial charge is 0.227 e. The summed E-state index contributed by atoms with van der Waals surface area (Å²) in [6, 6.07) is 5.54. The minimum Gasteiger partial charge on any atom is -0.444 e. The Morgan fingerprint density at radius 1 is 1.19 bits per heavy atom. The Bertz CT molecular complexity index is 780. The van der Waals surface area contributed by atoms with Crippen LogP contribution in [0.1, 0.15) is 0 Å². The number of anilines is 1. The fourth-order valence-corrected chi connectivity index (χ4v) is 2.94. The summed E-state index contributed by atoms with van der Waals surface area (Å²) < 4.78 is 5.27. The van der Waals surface area contributed by atoms with Crippen LogP contribution in [0.3, 0.4) is 0 Å². The van der Waals surface area contributed by atoms with Gasteiger partial charge in [0.2, 0.25) is 5.89 Å². The van der Waals surface area contributed by atoms with Crippen molar-refractivity contribution in [1.82, 2.24) is 15.0 Å². The second-order valence-corrected chi connectivity index (χ2v) is 5.74. The second-order valence-electron chi connectivity index (χ2n) is 3.94. The standard InChI is InChI=1S/C13H8Cl2N4OS/c14-9-6-18-13(11(16)19-9)21-8-3-1-2-7(10(8)15)12-17-4-5-20-12/h1-6H,(H2,16,19). The Labute approximate surface area is 134 Å². The van der Waals surface area contributed by atoms with Crippen molar-refractivity contribution in [3.8, 4) is 11.5 Å². The van der Waals surface area contributed by atoms with Crippen LogP contribution in [0, 0.1) is 0 Å². The molecule has 8 heteroatoms. The molecule has 2 heterocycles. The average molecular weight is 339 g/mol. The van der Waals surface area contributed by atoms with Crippen molar-refractivity contribution in [1.29, 1.82) is 0 Å². The minimum absolute atomic E-state index is 0.247. The summed E-state index contributed by atoms with van der Waals surface area (Å²) in [7, 11) is 0. The third-order valence-electron chi connectivity index (χ3n) is 2.57. The number of nitrogen functional groups attached to an aromatic ring is 1. The highest BCUT2D eigenvalue weighted by Crippen LogP contribution is 2.39. The highest BCUT2D eigenvalue weighted by molar-refractivity contribution is 7.99.